The fourth-order valence-corrected chi connectivity index (χ4v) is 5.21. The maximum atomic E-state index is 14.4. The fraction of sp³-hybridized carbons (Fsp3) is 0.103. The summed E-state index contributed by atoms with van der Waals surface area (Å²) in [7, 11) is 0. The third kappa shape index (κ3) is 5.53. The molecular weight excluding hydrogens is 585 g/mol. The first-order valence-electron chi connectivity index (χ1n) is 12.0. The number of fused-ring (bicyclic) bond motifs is 2. The summed E-state index contributed by atoms with van der Waals surface area (Å²) in [6.07, 6.45) is -2.99. The highest BCUT2D eigenvalue weighted by atomic mass is 35.5. The molecule has 1 atom stereocenters. The molecule has 0 radical (unpaired) electrons. The van der Waals surface area contributed by atoms with Gasteiger partial charge in [0.05, 0.1) is 38.6 Å². The normalized spacial score (nSPS) is 12.4. The Morgan fingerprint density at radius 2 is 1.63 bits per heavy atom. The first kappa shape index (κ1) is 28.3. The minimum Gasteiger partial charge on any atom is -0.480 e. The third-order valence-electron chi connectivity index (χ3n) is 6.46. The average Bonchev–Trinajstić information content (AvgIpc) is 2.91. The van der Waals surface area contributed by atoms with Crippen LogP contribution in [0.4, 0.5) is 17.6 Å². The number of aliphatic carboxylic acids is 1. The van der Waals surface area contributed by atoms with Gasteiger partial charge >= 0.3 is 12.1 Å². The fourth-order valence-electron chi connectivity index (χ4n) is 4.64. The number of carboxylic acid groups (broad SMARTS) is 1. The number of carboxylic acids is 1. The molecule has 0 saturated heterocycles. The maximum Gasteiger partial charge on any atom is 0.419 e. The number of hydrogen-bond acceptors (Lipinski definition) is 4. The van der Waals surface area contributed by atoms with Gasteiger partial charge in [0.1, 0.15) is 11.9 Å². The summed E-state index contributed by atoms with van der Waals surface area (Å²) >= 11 is 12.1. The van der Waals surface area contributed by atoms with Crippen LogP contribution in [0.5, 0.6) is 0 Å². The Morgan fingerprint density at radius 1 is 0.927 bits per heavy atom. The van der Waals surface area contributed by atoms with Crippen LogP contribution in [0.2, 0.25) is 10.0 Å². The molecule has 6 nitrogen and oxygen atoms in total. The summed E-state index contributed by atoms with van der Waals surface area (Å²) in [6, 6.07) is 12.4. The number of halogens is 6. The van der Waals surface area contributed by atoms with Gasteiger partial charge in [-0.05, 0) is 29.1 Å². The molecule has 0 aliphatic carbocycles. The van der Waals surface area contributed by atoms with Crippen molar-refractivity contribution in [1.29, 1.82) is 0 Å². The first-order valence-corrected chi connectivity index (χ1v) is 12.7. The number of alkyl halides is 3. The molecule has 5 aromatic rings. The maximum absolute atomic E-state index is 14.4. The second-order valence-corrected chi connectivity index (χ2v) is 9.87. The lowest BCUT2D eigenvalue weighted by Gasteiger charge is -2.19. The quantitative estimate of drug-likeness (QED) is 0.199. The molecule has 0 spiro atoms. The number of carbonyl (C=O) groups is 2. The largest absolute Gasteiger partial charge is 0.480 e. The van der Waals surface area contributed by atoms with Crippen LogP contribution in [0.15, 0.2) is 73.1 Å². The van der Waals surface area contributed by atoms with Crippen LogP contribution in [0, 0.1) is 5.82 Å². The van der Waals surface area contributed by atoms with Crippen molar-refractivity contribution in [2.45, 2.75) is 18.6 Å². The van der Waals surface area contributed by atoms with Crippen LogP contribution >= 0.6 is 23.2 Å². The molecule has 0 bridgehead atoms. The van der Waals surface area contributed by atoms with Gasteiger partial charge in [0.25, 0.3) is 5.91 Å². The van der Waals surface area contributed by atoms with Gasteiger partial charge in [-0.15, -0.1) is 0 Å². The zero-order valence-electron chi connectivity index (χ0n) is 20.6. The van der Waals surface area contributed by atoms with Gasteiger partial charge in [0.15, 0.2) is 0 Å². The molecule has 0 unspecified atom stereocenters. The lowest BCUT2D eigenvalue weighted by Crippen LogP contribution is -2.42. The summed E-state index contributed by atoms with van der Waals surface area (Å²) in [6.45, 7) is 0. The molecule has 1 amide bonds. The van der Waals surface area contributed by atoms with Crippen molar-refractivity contribution in [3.05, 3.63) is 106 Å². The van der Waals surface area contributed by atoms with Crippen LogP contribution in [0.25, 0.3) is 32.9 Å². The summed E-state index contributed by atoms with van der Waals surface area (Å²) in [5.41, 5.74) is -1.37. The predicted octanol–water partition coefficient (Wildman–Crippen LogP) is 7.34. The molecule has 0 aliphatic rings. The van der Waals surface area contributed by atoms with Crippen LogP contribution in [0.3, 0.4) is 0 Å². The molecular formula is C29H17Cl2F4N3O3. The number of rotatable bonds is 6. The second kappa shape index (κ2) is 10.9. The zero-order valence-corrected chi connectivity index (χ0v) is 22.2. The molecule has 2 heterocycles. The molecule has 5 rings (SSSR count). The Morgan fingerprint density at radius 3 is 2.32 bits per heavy atom. The lowest BCUT2D eigenvalue weighted by molar-refractivity contribution is -0.139. The first-order chi connectivity index (χ1) is 19.5. The molecule has 0 aliphatic heterocycles. The van der Waals surface area contributed by atoms with E-state index < -0.39 is 41.2 Å². The molecule has 2 N–H and O–H groups in total. The van der Waals surface area contributed by atoms with Gasteiger partial charge in [0, 0.05) is 29.0 Å². The minimum atomic E-state index is -4.78. The van der Waals surface area contributed by atoms with E-state index in [-0.39, 0.29) is 54.8 Å². The Balaban J connectivity index is 1.61. The van der Waals surface area contributed by atoms with E-state index >= 15 is 0 Å². The van der Waals surface area contributed by atoms with E-state index in [4.69, 9.17) is 23.2 Å². The number of nitrogens with one attached hydrogen (secondary N) is 1. The van der Waals surface area contributed by atoms with Crippen molar-refractivity contribution in [3.63, 3.8) is 0 Å². The number of pyridine rings is 2. The Kier molecular flexibility index (Phi) is 7.54. The highest BCUT2D eigenvalue weighted by Gasteiger charge is 2.37. The van der Waals surface area contributed by atoms with Gasteiger partial charge in [-0.3, -0.25) is 14.8 Å². The van der Waals surface area contributed by atoms with Crippen molar-refractivity contribution in [1.82, 2.24) is 15.3 Å². The molecule has 0 fully saturated rings. The average molecular weight is 602 g/mol. The summed E-state index contributed by atoms with van der Waals surface area (Å²) < 4.78 is 57.4. The molecule has 0 saturated carbocycles. The number of amides is 1. The van der Waals surface area contributed by atoms with Gasteiger partial charge in [-0.2, -0.15) is 13.2 Å². The van der Waals surface area contributed by atoms with Gasteiger partial charge < -0.3 is 10.4 Å². The Bertz CT molecular complexity index is 1830. The van der Waals surface area contributed by atoms with Gasteiger partial charge in [0.2, 0.25) is 0 Å². The van der Waals surface area contributed by atoms with Crippen LogP contribution in [-0.4, -0.2) is 33.0 Å². The second-order valence-electron chi connectivity index (χ2n) is 9.05. The number of carbonyl (C=O) groups excluding carboxylic acids is 1. The summed E-state index contributed by atoms with van der Waals surface area (Å²) in [5.74, 6) is -3.07. The predicted molar refractivity (Wildman–Crippen MR) is 146 cm³/mol. The zero-order chi connectivity index (χ0) is 29.5. The monoisotopic (exact) mass is 601 g/mol. The van der Waals surface area contributed by atoms with E-state index in [9.17, 15) is 32.3 Å². The lowest BCUT2D eigenvalue weighted by atomic mass is 9.93. The highest BCUT2D eigenvalue weighted by molar-refractivity contribution is 6.39. The van der Waals surface area contributed by atoms with E-state index in [1.807, 2.05) is 0 Å². The van der Waals surface area contributed by atoms with E-state index in [1.165, 1.54) is 54.7 Å². The Labute approximate surface area is 239 Å². The van der Waals surface area contributed by atoms with E-state index in [0.717, 1.165) is 12.3 Å². The van der Waals surface area contributed by atoms with E-state index in [1.54, 1.807) is 6.07 Å². The van der Waals surface area contributed by atoms with Crippen molar-refractivity contribution in [3.8, 4) is 11.3 Å². The molecule has 2 aromatic heterocycles. The molecule has 208 valence electrons. The number of aromatic nitrogens is 2. The van der Waals surface area contributed by atoms with Crippen molar-refractivity contribution < 1.29 is 32.3 Å². The van der Waals surface area contributed by atoms with E-state index in [0.29, 0.717) is 0 Å². The molecule has 12 heteroatoms. The standard InChI is InChI=1S/C29H17Cl2F4N3O3/c30-20-6-3-7-21(31)23(20)27(39)38-22(28(40)41)10-14-8-9-18(25-19(14)11-16(32)13-37-25)26-24(29(33,34)35)17-5-2-1-4-15(17)12-36-26/h1-9,11-13,22H,10H2,(H,38,39)(H,40,41)/t22-/m0/s1. The third-order valence-corrected chi connectivity index (χ3v) is 7.09. The SMILES string of the molecule is O=C(N[C@@H](Cc1ccc(-c2ncc3ccccc3c2C(F)(F)F)c2ncc(F)cc12)C(=O)O)c1c(Cl)cccc1Cl. The summed E-state index contributed by atoms with van der Waals surface area (Å²) in [4.78, 5) is 33.1. The number of hydrogen-bond donors (Lipinski definition) is 2. The van der Waals surface area contributed by atoms with Crippen LogP contribution in [-0.2, 0) is 17.4 Å². The molecule has 41 heavy (non-hydrogen) atoms. The van der Waals surface area contributed by atoms with Crippen LogP contribution in [0.1, 0.15) is 21.5 Å². The van der Waals surface area contributed by atoms with Crippen molar-refractivity contribution in [2.75, 3.05) is 0 Å². The van der Waals surface area contributed by atoms with Gasteiger partial charge in [-0.25, -0.2) is 9.18 Å². The highest BCUT2D eigenvalue weighted by Crippen LogP contribution is 2.42. The summed E-state index contributed by atoms with van der Waals surface area (Å²) in [5, 5.41) is 12.5. The number of nitrogens with zero attached hydrogens (tertiary/aromatic N) is 2. The smallest absolute Gasteiger partial charge is 0.419 e. The topological polar surface area (TPSA) is 92.2 Å². The Hall–Kier alpha value is -4.28. The number of benzene rings is 3. The minimum absolute atomic E-state index is 0.00330. The van der Waals surface area contributed by atoms with E-state index in [2.05, 4.69) is 15.3 Å². The molecule has 3 aromatic carbocycles. The van der Waals surface area contributed by atoms with Crippen molar-refractivity contribution >= 4 is 56.8 Å². The van der Waals surface area contributed by atoms with Crippen LogP contribution < -0.4 is 5.32 Å². The van der Waals surface area contributed by atoms with Crippen molar-refractivity contribution in [2.24, 2.45) is 0 Å². The van der Waals surface area contributed by atoms with Gasteiger partial charge in [-0.1, -0.05) is 65.7 Å².